The van der Waals surface area contributed by atoms with Crippen molar-refractivity contribution in [3.05, 3.63) is 29.6 Å². The summed E-state index contributed by atoms with van der Waals surface area (Å²) in [5, 5.41) is 11.0. The Balaban J connectivity index is 1.44. The predicted molar refractivity (Wildman–Crippen MR) is 94.9 cm³/mol. The largest absolute Gasteiger partial charge is 0.442 e. The number of nitrogens with zero attached hydrogens (tertiary/aromatic N) is 2. The van der Waals surface area contributed by atoms with Crippen molar-refractivity contribution in [3.8, 4) is 6.07 Å². The van der Waals surface area contributed by atoms with Gasteiger partial charge in [0, 0.05) is 27.7 Å². The number of halogens is 1. The average molecular weight is 391 g/mol. The Kier molecular flexibility index (Phi) is 4.38. The van der Waals surface area contributed by atoms with Crippen LogP contribution in [0.25, 0.3) is 0 Å². The van der Waals surface area contributed by atoms with Crippen LogP contribution in [-0.2, 0) is 25.7 Å². The second-order valence-electron chi connectivity index (χ2n) is 7.23. The lowest BCUT2D eigenvalue weighted by molar-refractivity contribution is -0.120. The highest BCUT2D eigenvalue weighted by molar-refractivity contribution is 7.85. The molecule has 2 saturated heterocycles. The number of hydrogen-bond acceptors (Lipinski definition) is 5. The lowest BCUT2D eigenvalue weighted by Crippen LogP contribution is -2.34. The number of rotatable bonds is 5. The number of fused-ring (bicyclic) bond motifs is 1. The first-order valence-electron chi connectivity index (χ1n) is 8.70. The zero-order chi connectivity index (χ0) is 19.2. The number of benzene rings is 1. The fourth-order valence-electron chi connectivity index (χ4n) is 4.03. The zero-order valence-corrected chi connectivity index (χ0v) is 15.3. The Morgan fingerprint density at radius 2 is 2.33 bits per heavy atom. The topological polar surface area (TPSA) is 99.5 Å². The fraction of sp³-hybridized carbons (Fsp3) is 0.500. The minimum absolute atomic E-state index is 0.0971. The Labute approximate surface area is 157 Å². The Morgan fingerprint density at radius 3 is 3.00 bits per heavy atom. The first kappa shape index (κ1) is 17.9. The van der Waals surface area contributed by atoms with Gasteiger partial charge in [-0.25, -0.2) is 9.18 Å². The van der Waals surface area contributed by atoms with E-state index in [0.717, 1.165) is 6.42 Å². The van der Waals surface area contributed by atoms with Crippen molar-refractivity contribution in [1.29, 1.82) is 5.26 Å². The number of hydrogen-bond donors (Lipinski definition) is 1. The summed E-state index contributed by atoms with van der Waals surface area (Å²) in [5.74, 6) is 0.599. The maximum Gasteiger partial charge on any atom is 0.414 e. The molecule has 142 valence electrons. The summed E-state index contributed by atoms with van der Waals surface area (Å²) in [6, 6.07) is 6.42. The number of cyclic esters (lactones) is 1. The summed E-state index contributed by atoms with van der Waals surface area (Å²) in [5.41, 5.74) is 0.668. The maximum absolute atomic E-state index is 14.8. The third-order valence-corrected chi connectivity index (χ3v) is 7.09. The van der Waals surface area contributed by atoms with E-state index in [1.165, 1.54) is 11.0 Å². The number of carbonyl (C=O) groups is 2. The minimum Gasteiger partial charge on any atom is -0.442 e. The molecule has 9 heteroatoms. The van der Waals surface area contributed by atoms with Gasteiger partial charge in [-0.05, 0) is 30.0 Å². The third kappa shape index (κ3) is 3.18. The molecule has 0 bridgehead atoms. The van der Waals surface area contributed by atoms with Crippen LogP contribution >= 0.6 is 0 Å². The summed E-state index contributed by atoms with van der Waals surface area (Å²) in [4.78, 5) is 24.8. The smallest absolute Gasteiger partial charge is 0.414 e. The van der Waals surface area contributed by atoms with E-state index >= 15 is 0 Å². The van der Waals surface area contributed by atoms with Crippen LogP contribution in [0.1, 0.15) is 18.4 Å². The van der Waals surface area contributed by atoms with Crippen LogP contribution in [0, 0.1) is 23.1 Å². The molecule has 1 N–H and O–H groups in total. The molecule has 2 heterocycles. The zero-order valence-electron chi connectivity index (χ0n) is 14.4. The van der Waals surface area contributed by atoms with E-state index < -0.39 is 34.7 Å². The molecular weight excluding hydrogens is 373 g/mol. The van der Waals surface area contributed by atoms with Gasteiger partial charge in [0.05, 0.1) is 24.8 Å². The quantitative estimate of drug-likeness (QED) is 0.813. The van der Waals surface area contributed by atoms with Crippen molar-refractivity contribution in [3.63, 3.8) is 0 Å². The molecule has 3 aliphatic rings. The summed E-state index contributed by atoms with van der Waals surface area (Å²) >= 11 is 0. The number of carbonyl (C=O) groups excluding carboxylic acids is 2. The van der Waals surface area contributed by atoms with Gasteiger partial charge in [0.25, 0.3) is 0 Å². The number of amides is 2. The Morgan fingerprint density at radius 1 is 1.52 bits per heavy atom. The van der Waals surface area contributed by atoms with Crippen LogP contribution in [0.4, 0.5) is 14.9 Å². The first-order chi connectivity index (χ1) is 12.9. The number of nitrogens with one attached hydrogen (secondary N) is 1. The monoisotopic (exact) mass is 391 g/mol. The molecule has 1 aromatic carbocycles. The van der Waals surface area contributed by atoms with Gasteiger partial charge in [-0.1, -0.05) is 6.07 Å². The van der Waals surface area contributed by atoms with Gasteiger partial charge in [0.2, 0.25) is 5.91 Å². The molecule has 1 aromatic rings. The highest BCUT2D eigenvalue weighted by atomic mass is 32.2. The maximum atomic E-state index is 14.8. The number of nitriles is 1. The highest BCUT2D eigenvalue weighted by Crippen LogP contribution is 2.59. The lowest BCUT2D eigenvalue weighted by Gasteiger charge is -2.17. The molecule has 0 aromatic heterocycles. The Bertz CT molecular complexity index is 886. The summed E-state index contributed by atoms with van der Waals surface area (Å²) < 4.78 is 31.7. The van der Waals surface area contributed by atoms with Gasteiger partial charge >= 0.3 is 6.09 Å². The van der Waals surface area contributed by atoms with E-state index in [1.807, 2.05) is 0 Å². The third-order valence-electron chi connectivity index (χ3n) is 5.48. The molecule has 1 unspecified atom stereocenters. The van der Waals surface area contributed by atoms with E-state index in [2.05, 4.69) is 5.32 Å². The van der Waals surface area contributed by atoms with Crippen molar-refractivity contribution < 1.29 is 22.9 Å². The van der Waals surface area contributed by atoms with E-state index in [1.54, 1.807) is 18.2 Å². The standard InChI is InChI=1S/C18H18FN3O4S/c19-15-5-12(1-2-14(15)18-6-11(18)9-27(25)10-18)22-8-13(26-17(22)24)7-21-16(23)3-4-20/h1-2,5,11,13H,3,6-10H2,(H,21,23)/t11-,13+,18-,27?/m1/s1. The normalized spacial score (nSPS) is 31.2. The lowest BCUT2D eigenvalue weighted by atomic mass is 9.95. The van der Waals surface area contributed by atoms with Gasteiger partial charge < -0.3 is 10.1 Å². The predicted octanol–water partition coefficient (Wildman–Crippen LogP) is 1.20. The molecule has 1 saturated carbocycles. The van der Waals surface area contributed by atoms with E-state index in [-0.39, 0.29) is 30.8 Å². The van der Waals surface area contributed by atoms with Gasteiger partial charge in [-0.15, -0.1) is 0 Å². The van der Waals surface area contributed by atoms with Crippen LogP contribution in [0.15, 0.2) is 18.2 Å². The molecule has 27 heavy (non-hydrogen) atoms. The van der Waals surface area contributed by atoms with Crippen molar-refractivity contribution in [1.82, 2.24) is 5.32 Å². The van der Waals surface area contributed by atoms with Crippen LogP contribution in [-0.4, -0.2) is 46.9 Å². The summed E-state index contributed by atoms with van der Waals surface area (Å²) in [6.07, 6.45) is -0.562. The van der Waals surface area contributed by atoms with Gasteiger partial charge in [0.15, 0.2) is 0 Å². The van der Waals surface area contributed by atoms with Crippen molar-refractivity contribution in [2.45, 2.75) is 24.4 Å². The molecule has 2 amide bonds. The van der Waals surface area contributed by atoms with E-state index in [0.29, 0.717) is 22.8 Å². The molecule has 2 aliphatic heterocycles. The molecule has 4 rings (SSSR count). The molecule has 0 radical (unpaired) electrons. The summed E-state index contributed by atoms with van der Waals surface area (Å²) in [6.45, 7) is 0.280. The second kappa shape index (κ2) is 6.60. The van der Waals surface area contributed by atoms with E-state index in [4.69, 9.17) is 10.00 Å². The fourth-order valence-corrected chi connectivity index (χ4v) is 6.12. The molecular formula is C18H18FN3O4S. The SMILES string of the molecule is N#CCC(=O)NC[C@H]1CN(c2ccc([C@@]34C[C@@H]3CS(=O)C4)c(F)c2)C(=O)O1. The van der Waals surface area contributed by atoms with Gasteiger partial charge in [-0.2, -0.15) is 5.26 Å². The van der Waals surface area contributed by atoms with Crippen LogP contribution < -0.4 is 10.2 Å². The molecule has 0 spiro atoms. The molecule has 1 aliphatic carbocycles. The van der Waals surface area contributed by atoms with E-state index in [9.17, 15) is 18.2 Å². The molecule has 4 atom stereocenters. The molecule has 7 nitrogen and oxygen atoms in total. The highest BCUT2D eigenvalue weighted by Gasteiger charge is 2.61. The molecule has 3 fully saturated rings. The second-order valence-corrected chi connectivity index (χ2v) is 8.73. The van der Waals surface area contributed by atoms with Crippen LogP contribution in [0.2, 0.25) is 0 Å². The van der Waals surface area contributed by atoms with Crippen molar-refractivity contribution in [2.24, 2.45) is 5.92 Å². The summed E-state index contributed by atoms with van der Waals surface area (Å²) in [7, 11) is -0.883. The van der Waals surface area contributed by atoms with Crippen LogP contribution in [0.5, 0.6) is 0 Å². The minimum atomic E-state index is -0.883. The number of ether oxygens (including phenoxy) is 1. The van der Waals surface area contributed by atoms with Crippen molar-refractivity contribution >= 4 is 28.5 Å². The van der Waals surface area contributed by atoms with Gasteiger partial charge in [-0.3, -0.25) is 13.9 Å². The van der Waals surface area contributed by atoms with Gasteiger partial charge in [0.1, 0.15) is 18.3 Å². The van der Waals surface area contributed by atoms with Crippen LogP contribution in [0.3, 0.4) is 0 Å². The van der Waals surface area contributed by atoms with Crippen molar-refractivity contribution in [2.75, 3.05) is 29.5 Å². The first-order valence-corrected chi connectivity index (χ1v) is 10.2. The Hall–Kier alpha value is -2.47. The average Bonchev–Trinajstić information content (AvgIpc) is 2.99. The number of anilines is 1.